The van der Waals surface area contributed by atoms with E-state index in [-0.39, 0.29) is 17.9 Å². The lowest BCUT2D eigenvalue weighted by molar-refractivity contribution is -0.141. The molecule has 1 aromatic carbocycles. The van der Waals surface area contributed by atoms with Crippen LogP contribution in [0.4, 0.5) is 0 Å². The lowest BCUT2D eigenvalue weighted by Crippen LogP contribution is -2.57. The van der Waals surface area contributed by atoms with Gasteiger partial charge < -0.3 is 10.2 Å². The van der Waals surface area contributed by atoms with Crippen molar-refractivity contribution >= 4 is 35.2 Å². The van der Waals surface area contributed by atoms with Crippen LogP contribution in [-0.4, -0.2) is 41.6 Å². The van der Waals surface area contributed by atoms with Crippen molar-refractivity contribution in [1.82, 2.24) is 10.2 Å². The van der Waals surface area contributed by atoms with Crippen LogP contribution >= 0.6 is 23.4 Å². The molecular weight excluding hydrogens is 296 g/mol. The Bertz CT molecular complexity index is 492. The van der Waals surface area contributed by atoms with Gasteiger partial charge >= 0.3 is 0 Å². The Hall–Kier alpha value is -1.20. The Morgan fingerprint density at radius 3 is 2.80 bits per heavy atom. The molecule has 1 aliphatic heterocycles. The maximum Gasteiger partial charge on any atom is 0.242 e. The Morgan fingerprint density at radius 1 is 1.45 bits per heavy atom. The van der Waals surface area contributed by atoms with Crippen molar-refractivity contribution in [3.63, 3.8) is 0 Å². The average Bonchev–Trinajstić information content (AvgIpc) is 2.46. The van der Waals surface area contributed by atoms with Gasteiger partial charge in [0, 0.05) is 23.0 Å². The van der Waals surface area contributed by atoms with Gasteiger partial charge in [0.25, 0.3) is 0 Å². The number of halogens is 1. The maximum atomic E-state index is 12.3. The van der Waals surface area contributed by atoms with Crippen LogP contribution in [0.15, 0.2) is 29.2 Å². The molecule has 0 spiro atoms. The number of benzene rings is 1. The molecule has 1 N–H and O–H groups in total. The lowest BCUT2D eigenvalue weighted by atomic mass is 10.1. The summed E-state index contributed by atoms with van der Waals surface area (Å²) in [5.41, 5.74) is 0. The molecule has 2 rings (SSSR count). The minimum Gasteiger partial charge on any atom is -0.353 e. The van der Waals surface area contributed by atoms with Crippen LogP contribution < -0.4 is 5.32 Å². The summed E-state index contributed by atoms with van der Waals surface area (Å²) in [6.45, 7) is 3.04. The van der Waals surface area contributed by atoms with Crippen LogP contribution in [0.25, 0.3) is 0 Å². The van der Waals surface area contributed by atoms with E-state index < -0.39 is 0 Å². The molecule has 6 heteroatoms. The molecule has 1 aliphatic rings. The van der Waals surface area contributed by atoms with Gasteiger partial charge in [-0.05, 0) is 30.7 Å². The van der Waals surface area contributed by atoms with Gasteiger partial charge in [0.2, 0.25) is 11.8 Å². The van der Waals surface area contributed by atoms with Crippen molar-refractivity contribution in [2.24, 2.45) is 0 Å². The van der Waals surface area contributed by atoms with Gasteiger partial charge in [-0.1, -0.05) is 18.5 Å². The molecule has 1 atom stereocenters. The Labute approximate surface area is 127 Å². The number of rotatable bonds is 4. The van der Waals surface area contributed by atoms with Crippen molar-refractivity contribution in [3.05, 3.63) is 29.3 Å². The molecule has 0 aliphatic carbocycles. The van der Waals surface area contributed by atoms with E-state index in [1.54, 1.807) is 17.0 Å². The first-order chi connectivity index (χ1) is 9.61. The highest BCUT2D eigenvalue weighted by atomic mass is 35.5. The largest absolute Gasteiger partial charge is 0.353 e. The zero-order valence-corrected chi connectivity index (χ0v) is 12.8. The van der Waals surface area contributed by atoms with E-state index in [2.05, 4.69) is 5.32 Å². The summed E-state index contributed by atoms with van der Waals surface area (Å²) in [6.07, 6.45) is 0.642. The molecule has 0 bridgehead atoms. The molecule has 1 unspecified atom stereocenters. The van der Waals surface area contributed by atoms with Gasteiger partial charge in [0.15, 0.2) is 0 Å². The molecule has 4 nitrogen and oxygen atoms in total. The van der Waals surface area contributed by atoms with Gasteiger partial charge in [0.05, 0.1) is 5.75 Å². The third-order valence-electron chi connectivity index (χ3n) is 3.21. The first kappa shape index (κ1) is 15.2. The van der Waals surface area contributed by atoms with Crippen molar-refractivity contribution in [1.29, 1.82) is 0 Å². The molecule has 0 radical (unpaired) electrons. The Balaban J connectivity index is 1.93. The monoisotopic (exact) mass is 312 g/mol. The topological polar surface area (TPSA) is 49.4 Å². The second-order valence-electron chi connectivity index (χ2n) is 4.54. The molecule has 1 heterocycles. The van der Waals surface area contributed by atoms with Gasteiger partial charge in [-0.15, -0.1) is 11.8 Å². The fraction of sp³-hybridized carbons (Fsp3) is 0.429. The van der Waals surface area contributed by atoms with Crippen LogP contribution in [0.5, 0.6) is 0 Å². The zero-order valence-electron chi connectivity index (χ0n) is 11.3. The van der Waals surface area contributed by atoms with E-state index in [9.17, 15) is 9.59 Å². The van der Waals surface area contributed by atoms with E-state index in [0.717, 1.165) is 4.90 Å². The Kier molecular flexibility index (Phi) is 5.31. The van der Waals surface area contributed by atoms with Crippen molar-refractivity contribution in [2.75, 3.05) is 18.8 Å². The lowest BCUT2D eigenvalue weighted by Gasteiger charge is -2.34. The molecule has 0 saturated carbocycles. The smallest absolute Gasteiger partial charge is 0.242 e. The van der Waals surface area contributed by atoms with Gasteiger partial charge in [0.1, 0.15) is 6.04 Å². The van der Waals surface area contributed by atoms with Crippen LogP contribution in [0, 0.1) is 0 Å². The number of thioether (sulfide) groups is 1. The highest BCUT2D eigenvalue weighted by molar-refractivity contribution is 8.00. The predicted molar refractivity (Wildman–Crippen MR) is 81.0 cm³/mol. The number of amides is 2. The third-order valence-corrected chi connectivity index (χ3v) is 4.46. The molecule has 0 aromatic heterocycles. The molecule has 1 saturated heterocycles. The summed E-state index contributed by atoms with van der Waals surface area (Å²) < 4.78 is 0. The number of carbonyl (C=O) groups is 2. The fourth-order valence-electron chi connectivity index (χ4n) is 2.18. The SMILES string of the molecule is CCC1C(=O)NCCN1C(=O)CSc1ccc(Cl)cc1. The minimum absolute atomic E-state index is 0.00616. The van der Waals surface area contributed by atoms with E-state index in [1.807, 2.05) is 19.1 Å². The summed E-state index contributed by atoms with van der Waals surface area (Å²) in [4.78, 5) is 26.7. The summed E-state index contributed by atoms with van der Waals surface area (Å²) in [6, 6.07) is 7.05. The van der Waals surface area contributed by atoms with E-state index in [1.165, 1.54) is 11.8 Å². The van der Waals surface area contributed by atoms with E-state index in [4.69, 9.17) is 11.6 Å². The number of nitrogens with zero attached hydrogens (tertiary/aromatic N) is 1. The molecule has 2 amide bonds. The Morgan fingerprint density at radius 2 is 2.15 bits per heavy atom. The molecule has 1 fully saturated rings. The zero-order chi connectivity index (χ0) is 14.5. The highest BCUT2D eigenvalue weighted by Gasteiger charge is 2.31. The number of hydrogen-bond donors (Lipinski definition) is 1. The van der Waals surface area contributed by atoms with E-state index in [0.29, 0.717) is 30.3 Å². The quantitative estimate of drug-likeness (QED) is 0.867. The van der Waals surface area contributed by atoms with Crippen LogP contribution in [0.3, 0.4) is 0 Å². The maximum absolute atomic E-state index is 12.3. The summed E-state index contributed by atoms with van der Waals surface area (Å²) >= 11 is 7.28. The molecule has 1 aromatic rings. The van der Waals surface area contributed by atoms with Crippen LogP contribution in [0.2, 0.25) is 5.02 Å². The van der Waals surface area contributed by atoms with Crippen LogP contribution in [-0.2, 0) is 9.59 Å². The first-order valence-corrected chi connectivity index (χ1v) is 7.93. The number of carbonyl (C=O) groups excluding carboxylic acids is 2. The normalized spacial score (nSPS) is 18.8. The second kappa shape index (κ2) is 6.99. The molecule has 20 heavy (non-hydrogen) atoms. The second-order valence-corrected chi connectivity index (χ2v) is 6.03. The molecular formula is C14H17ClN2O2S. The van der Waals surface area contributed by atoms with Crippen molar-refractivity contribution < 1.29 is 9.59 Å². The van der Waals surface area contributed by atoms with Gasteiger partial charge in [-0.2, -0.15) is 0 Å². The van der Waals surface area contributed by atoms with Crippen molar-refractivity contribution in [3.8, 4) is 0 Å². The number of hydrogen-bond acceptors (Lipinski definition) is 3. The van der Waals surface area contributed by atoms with Crippen molar-refractivity contribution in [2.45, 2.75) is 24.3 Å². The first-order valence-electron chi connectivity index (χ1n) is 6.57. The highest BCUT2D eigenvalue weighted by Crippen LogP contribution is 2.21. The van der Waals surface area contributed by atoms with Crippen LogP contribution in [0.1, 0.15) is 13.3 Å². The predicted octanol–water partition coefficient (Wildman–Crippen LogP) is 2.17. The molecule has 108 valence electrons. The minimum atomic E-state index is -0.331. The fourth-order valence-corrected chi connectivity index (χ4v) is 3.09. The third kappa shape index (κ3) is 3.67. The average molecular weight is 313 g/mol. The van der Waals surface area contributed by atoms with E-state index >= 15 is 0 Å². The number of piperazine rings is 1. The standard InChI is InChI=1S/C14H17ClN2O2S/c1-2-12-14(19)16-7-8-17(12)13(18)9-20-11-5-3-10(15)4-6-11/h3-6,12H,2,7-9H2,1H3,(H,16,19). The van der Waals surface area contributed by atoms with Gasteiger partial charge in [-0.3, -0.25) is 9.59 Å². The summed E-state index contributed by atoms with van der Waals surface area (Å²) in [5.74, 6) is 0.293. The number of nitrogens with one attached hydrogen (secondary N) is 1. The van der Waals surface area contributed by atoms with Gasteiger partial charge in [-0.25, -0.2) is 0 Å². The summed E-state index contributed by atoms with van der Waals surface area (Å²) in [5, 5.41) is 3.47. The summed E-state index contributed by atoms with van der Waals surface area (Å²) in [7, 11) is 0.